The first-order chi connectivity index (χ1) is 5.43. The Hall–Kier alpha value is -1.64. The summed E-state index contributed by atoms with van der Waals surface area (Å²) in [6.07, 6.45) is 8.16. The fourth-order valence-corrected chi connectivity index (χ4v) is 0.667. The maximum absolute atomic E-state index is 8.05. The van der Waals surface area contributed by atoms with Crippen LogP contribution in [0, 0.1) is 0 Å². The Kier molecular flexibility index (Phi) is 2.86. The molecule has 1 N–H and O–H groups in total. The van der Waals surface area contributed by atoms with Gasteiger partial charge in [0.1, 0.15) is 0 Å². The van der Waals surface area contributed by atoms with Crippen molar-refractivity contribution in [3.63, 3.8) is 0 Å². The summed E-state index contributed by atoms with van der Waals surface area (Å²) in [5.41, 5.74) is 0.979. The zero-order chi connectivity index (χ0) is 7.94. The summed E-state index contributed by atoms with van der Waals surface area (Å²) in [7, 11) is 0. The third kappa shape index (κ3) is 2.62. The van der Waals surface area contributed by atoms with Gasteiger partial charge in [-0.1, -0.05) is 17.3 Å². The maximum Gasteiger partial charge on any atom is 0.0661 e. The molecule has 0 atom stereocenters. The van der Waals surface area contributed by atoms with Gasteiger partial charge in [0.15, 0.2) is 0 Å². The average molecular weight is 148 g/mol. The standard InChI is InChI=1S/C8H8N2O/c11-10-6-2-4-8-3-1-5-9-7-8/h1-7,11H/b4-2+,10-6-. The molecule has 1 heterocycles. The van der Waals surface area contributed by atoms with Gasteiger partial charge in [-0.25, -0.2) is 0 Å². The van der Waals surface area contributed by atoms with E-state index in [9.17, 15) is 0 Å². The van der Waals surface area contributed by atoms with Gasteiger partial charge in [0.2, 0.25) is 0 Å². The Bertz CT molecular complexity index is 254. The molecule has 0 saturated heterocycles. The van der Waals surface area contributed by atoms with Crippen molar-refractivity contribution in [1.82, 2.24) is 4.98 Å². The topological polar surface area (TPSA) is 45.5 Å². The highest BCUT2D eigenvalue weighted by molar-refractivity contribution is 5.77. The molecule has 11 heavy (non-hydrogen) atoms. The summed E-state index contributed by atoms with van der Waals surface area (Å²) in [5, 5.41) is 10.9. The quantitative estimate of drug-likeness (QED) is 0.393. The Morgan fingerprint density at radius 1 is 1.55 bits per heavy atom. The molecule has 1 aromatic heterocycles. The molecule has 0 radical (unpaired) electrons. The molecule has 0 amide bonds. The van der Waals surface area contributed by atoms with E-state index in [4.69, 9.17) is 5.21 Å². The predicted molar refractivity (Wildman–Crippen MR) is 43.5 cm³/mol. The fraction of sp³-hybridized carbons (Fsp3) is 0. The van der Waals surface area contributed by atoms with Gasteiger partial charge in [-0.05, 0) is 17.7 Å². The molecule has 3 heteroatoms. The summed E-state index contributed by atoms with van der Waals surface area (Å²) in [6, 6.07) is 3.75. The van der Waals surface area contributed by atoms with Crippen LogP contribution >= 0.6 is 0 Å². The molecule has 1 rings (SSSR count). The van der Waals surface area contributed by atoms with Gasteiger partial charge in [-0.2, -0.15) is 0 Å². The van der Waals surface area contributed by atoms with E-state index >= 15 is 0 Å². The summed E-state index contributed by atoms with van der Waals surface area (Å²) in [4.78, 5) is 3.91. The highest BCUT2D eigenvalue weighted by Gasteiger charge is 1.80. The van der Waals surface area contributed by atoms with Crippen LogP contribution in [0.3, 0.4) is 0 Å². The van der Waals surface area contributed by atoms with Crippen LogP contribution < -0.4 is 0 Å². The molecule has 3 nitrogen and oxygen atoms in total. The van der Waals surface area contributed by atoms with Gasteiger partial charge in [0, 0.05) is 12.4 Å². The SMILES string of the molecule is O/N=C\C=C\c1cccnc1. The minimum absolute atomic E-state index is 0.979. The van der Waals surface area contributed by atoms with Crippen LogP contribution in [0.5, 0.6) is 0 Å². The first-order valence-electron chi connectivity index (χ1n) is 3.17. The molecule has 1 aromatic rings. The molecule has 0 aliphatic rings. The van der Waals surface area contributed by atoms with Crippen LogP contribution in [0.25, 0.3) is 6.08 Å². The number of nitrogens with zero attached hydrogens (tertiary/aromatic N) is 2. The van der Waals surface area contributed by atoms with E-state index in [0.717, 1.165) is 5.56 Å². The molecule has 0 spiro atoms. The Morgan fingerprint density at radius 2 is 2.45 bits per heavy atom. The van der Waals surface area contributed by atoms with E-state index in [-0.39, 0.29) is 0 Å². The lowest BCUT2D eigenvalue weighted by molar-refractivity contribution is 0.322. The number of oxime groups is 1. The van der Waals surface area contributed by atoms with Gasteiger partial charge >= 0.3 is 0 Å². The lowest BCUT2D eigenvalue weighted by atomic mass is 10.3. The van der Waals surface area contributed by atoms with Gasteiger partial charge in [-0.15, -0.1) is 0 Å². The monoisotopic (exact) mass is 148 g/mol. The Morgan fingerprint density at radius 3 is 3.09 bits per heavy atom. The van der Waals surface area contributed by atoms with Gasteiger partial charge in [-0.3, -0.25) is 4.98 Å². The van der Waals surface area contributed by atoms with E-state index in [1.165, 1.54) is 6.21 Å². The van der Waals surface area contributed by atoms with Crippen molar-refractivity contribution in [3.05, 3.63) is 36.2 Å². The van der Waals surface area contributed by atoms with Crippen molar-refractivity contribution >= 4 is 12.3 Å². The van der Waals surface area contributed by atoms with E-state index in [1.54, 1.807) is 24.5 Å². The van der Waals surface area contributed by atoms with Crippen LogP contribution in [-0.2, 0) is 0 Å². The molecule has 0 aliphatic heterocycles. The maximum atomic E-state index is 8.05. The predicted octanol–water partition coefficient (Wildman–Crippen LogP) is 1.55. The van der Waals surface area contributed by atoms with E-state index in [1.807, 2.05) is 12.1 Å². The average Bonchev–Trinajstić information content (AvgIpc) is 2.07. The third-order valence-electron chi connectivity index (χ3n) is 1.13. The van der Waals surface area contributed by atoms with Gasteiger partial charge < -0.3 is 5.21 Å². The van der Waals surface area contributed by atoms with Crippen molar-refractivity contribution in [2.24, 2.45) is 5.16 Å². The molecule has 0 unspecified atom stereocenters. The summed E-state index contributed by atoms with van der Waals surface area (Å²) < 4.78 is 0. The van der Waals surface area contributed by atoms with Crippen LogP contribution in [0.15, 0.2) is 35.8 Å². The number of pyridine rings is 1. The van der Waals surface area contributed by atoms with Gasteiger partial charge in [0.05, 0.1) is 6.21 Å². The van der Waals surface area contributed by atoms with Crippen LogP contribution in [0.2, 0.25) is 0 Å². The number of allylic oxidation sites excluding steroid dienone is 1. The van der Waals surface area contributed by atoms with Crippen LogP contribution in [-0.4, -0.2) is 16.4 Å². The van der Waals surface area contributed by atoms with Crippen molar-refractivity contribution in [2.75, 3.05) is 0 Å². The zero-order valence-electron chi connectivity index (χ0n) is 5.88. The van der Waals surface area contributed by atoms with Crippen LogP contribution in [0.1, 0.15) is 5.56 Å². The number of rotatable bonds is 2. The van der Waals surface area contributed by atoms with E-state index < -0.39 is 0 Å². The molecule has 0 fully saturated rings. The fourth-order valence-electron chi connectivity index (χ4n) is 0.667. The highest BCUT2D eigenvalue weighted by Crippen LogP contribution is 1.96. The molecule has 0 aromatic carbocycles. The van der Waals surface area contributed by atoms with E-state index in [2.05, 4.69) is 10.1 Å². The Balaban J connectivity index is 2.64. The Labute approximate surface area is 64.7 Å². The second kappa shape index (κ2) is 4.22. The first kappa shape index (κ1) is 7.47. The summed E-state index contributed by atoms with van der Waals surface area (Å²) in [5.74, 6) is 0. The molecule has 56 valence electrons. The smallest absolute Gasteiger partial charge is 0.0661 e. The second-order valence-corrected chi connectivity index (χ2v) is 1.91. The van der Waals surface area contributed by atoms with Crippen LogP contribution in [0.4, 0.5) is 0 Å². The lowest BCUT2D eigenvalue weighted by Gasteiger charge is -1.86. The second-order valence-electron chi connectivity index (χ2n) is 1.91. The molecule has 0 aliphatic carbocycles. The lowest BCUT2D eigenvalue weighted by Crippen LogP contribution is -1.73. The molecule has 0 saturated carbocycles. The third-order valence-corrected chi connectivity index (χ3v) is 1.13. The van der Waals surface area contributed by atoms with Crippen molar-refractivity contribution in [1.29, 1.82) is 0 Å². The number of hydrogen-bond acceptors (Lipinski definition) is 3. The minimum atomic E-state index is 0.979. The van der Waals surface area contributed by atoms with Crippen molar-refractivity contribution in [2.45, 2.75) is 0 Å². The first-order valence-corrected chi connectivity index (χ1v) is 3.17. The minimum Gasteiger partial charge on any atom is -0.411 e. The number of aromatic nitrogens is 1. The summed E-state index contributed by atoms with van der Waals surface area (Å²) in [6.45, 7) is 0. The van der Waals surface area contributed by atoms with Gasteiger partial charge in [0.25, 0.3) is 0 Å². The highest BCUT2D eigenvalue weighted by atomic mass is 16.4. The van der Waals surface area contributed by atoms with E-state index in [0.29, 0.717) is 0 Å². The molecular weight excluding hydrogens is 140 g/mol. The zero-order valence-corrected chi connectivity index (χ0v) is 5.88. The normalized spacial score (nSPS) is 11.3. The molecule has 0 bridgehead atoms. The molecular formula is C8H8N2O. The van der Waals surface area contributed by atoms with Crippen molar-refractivity contribution < 1.29 is 5.21 Å². The largest absolute Gasteiger partial charge is 0.411 e. The van der Waals surface area contributed by atoms with Crippen molar-refractivity contribution in [3.8, 4) is 0 Å². The summed E-state index contributed by atoms with van der Waals surface area (Å²) >= 11 is 0. The number of hydrogen-bond donors (Lipinski definition) is 1.